The van der Waals surface area contributed by atoms with Gasteiger partial charge in [-0.2, -0.15) is 0 Å². The number of amides is 1. The molecule has 0 unspecified atom stereocenters. The summed E-state index contributed by atoms with van der Waals surface area (Å²) >= 11 is 0. The van der Waals surface area contributed by atoms with E-state index in [1.165, 1.54) is 0 Å². The number of anilines is 1. The van der Waals surface area contributed by atoms with Crippen LogP contribution in [0.2, 0.25) is 0 Å². The van der Waals surface area contributed by atoms with Crippen molar-refractivity contribution in [2.45, 2.75) is 17.9 Å². The van der Waals surface area contributed by atoms with Crippen LogP contribution in [0.15, 0.2) is 59.5 Å². The zero-order valence-corrected chi connectivity index (χ0v) is 15.2. The number of sulfonamides is 1. The standard InChI is InChI=1S/C18H23N3O3S/c1-19-12-11-18(22)21(2)14-15-7-6-8-16(13-15)20-25(23,24)17-9-4-3-5-10-17/h3-10,13,19-20H,11-12,14H2,1-2H3. The lowest BCUT2D eigenvalue weighted by atomic mass is 10.2. The van der Waals surface area contributed by atoms with E-state index >= 15 is 0 Å². The van der Waals surface area contributed by atoms with Gasteiger partial charge in [0.05, 0.1) is 4.90 Å². The maximum atomic E-state index is 12.4. The first-order valence-corrected chi connectivity index (χ1v) is 9.46. The Bertz CT molecular complexity index is 807. The van der Waals surface area contributed by atoms with Gasteiger partial charge in [0.15, 0.2) is 0 Å². The average Bonchev–Trinajstić information content (AvgIpc) is 2.60. The van der Waals surface area contributed by atoms with Gasteiger partial charge in [-0.3, -0.25) is 9.52 Å². The van der Waals surface area contributed by atoms with Crippen LogP contribution in [0.1, 0.15) is 12.0 Å². The number of carbonyl (C=O) groups is 1. The molecule has 0 fully saturated rings. The third-order valence-corrected chi connectivity index (χ3v) is 5.06. The molecule has 2 aromatic carbocycles. The summed E-state index contributed by atoms with van der Waals surface area (Å²) in [5.74, 6) is 0.0321. The molecule has 0 bridgehead atoms. The van der Waals surface area contributed by atoms with Crippen molar-refractivity contribution in [2.24, 2.45) is 0 Å². The first kappa shape index (κ1) is 19.0. The molecule has 0 atom stereocenters. The van der Waals surface area contributed by atoms with Crippen LogP contribution in [0.4, 0.5) is 5.69 Å². The summed E-state index contributed by atoms with van der Waals surface area (Å²) in [6.07, 6.45) is 0.424. The van der Waals surface area contributed by atoms with Gasteiger partial charge in [0.25, 0.3) is 10.0 Å². The van der Waals surface area contributed by atoms with Gasteiger partial charge in [0.2, 0.25) is 5.91 Å². The molecule has 0 aliphatic carbocycles. The van der Waals surface area contributed by atoms with Crippen LogP contribution in [0.5, 0.6) is 0 Å². The largest absolute Gasteiger partial charge is 0.341 e. The number of benzene rings is 2. The van der Waals surface area contributed by atoms with E-state index in [9.17, 15) is 13.2 Å². The molecule has 6 nitrogen and oxygen atoms in total. The zero-order chi connectivity index (χ0) is 18.3. The van der Waals surface area contributed by atoms with E-state index in [4.69, 9.17) is 0 Å². The lowest BCUT2D eigenvalue weighted by Crippen LogP contribution is -2.28. The lowest BCUT2D eigenvalue weighted by Gasteiger charge is -2.18. The molecule has 2 rings (SSSR count). The van der Waals surface area contributed by atoms with Crippen molar-refractivity contribution in [1.29, 1.82) is 0 Å². The lowest BCUT2D eigenvalue weighted by molar-refractivity contribution is -0.130. The van der Waals surface area contributed by atoms with Crippen molar-refractivity contribution in [3.63, 3.8) is 0 Å². The van der Waals surface area contributed by atoms with Gasteiger partial charge in [-0.05, 0) is 36.9 Å². The first-order valence-electron chi connectivity index (χ1n) is 7.98. The maximum absolute atomic E-state index is 12.4. The molecule has 2 N–H and O–H groups in total. The quantitative estimate of drug-likeness (QED) is 0.754. The van der Waals surface area contributed by atoms with Crippen molar-refractivity contribution < 1.29 is 13.2 Å². The molecule has 0 aliphatic heterocycles. The Morgan fingerprint density at radius 2 is 1.80 bits per heavy atom. The molecule has 0 heterocycles. The molecular formula is C18H23N3O3S. The number of nitrogens with one attached hydrogen (secondary N) is 2. The fourth-order valence-corrected chi connectivity index (χ4v) is 3.40. The normalized spacial score (nSPS) is 11.1. The highest BCUT2D eigenvalue weighted by Gasteiger charge is 2.14. The minimum Gasteiger partial charge on any atom is -0.341 e. The Morgan fingerprint density at radius 1 is 1.08 bits per heavy atom. The van der Waals surface area contributed by atoms with Gasteiger partial charge in [-0.15, -0.1) is 0 Å². The molecule has 0 aliphatic rings. The summed E-state index contributed by atoms with van der Waals surface area (Å²) in [7, 11) is -0.0896. The monoisotopic (exact) mass is 361 g/mol. The molecule has 0 aromatic heterocycles. The van der Waals surface area contributed by atoms with E-state index in [2.05, 4.69) is 10.0 Å². The molecule has 1 amide bonds. The first-order chi connectivity index (χ1) is 11.9. The van der Waals surface area contributed by atoms with E-state index in [1.54, 1.807) is 67.5 Å². The fourth-order valence-electron chi connectivity index (χ4n) is 2.33. The van der Waals surface area contributed by atoms with Crippen LogP contribution in [-0.2, 0) is 21.4 Å². The van der Waals surface area contributed by atoms with Gasteiger partial charge >= 0.3 is 0 Å². The predicted octanol–water partition coefficient (Wildman–Crippen LogP) is 2.06. The van der Waals surface area contributed by atoms with Crippen molar-refractivity contribution in [2.75, 3.05) is 25.4 Å². The zero-order valence-electron chi connectivity index (χ0n) is 14.4. The number of rotatable bonds is 8. The molecule has 25 heavy (non-hydrogen) atoms. The highest BCUT2D eigenvalue weighted by atomic mass is 32.2. The Labute approximate surface area is 148 Å². The number of carbonyl (C=O) groups excluding carboxylic acids is 1. The van der Waals surface area contributed by atoms with E-state index in [0.29, 0.717) is 25.2 Å². The van der Waals surface area contributed by atoms with Gasteiger partial charge in [-0.25, -0.2) is 8.42 Å². The summed E-state index contributed by atoms with van der Waals surface area (Å²) in [6.45, 7) is 1.05. The smallest absolute Gasteiger partial charge is 0.261 e. The second kappa shape index (κ2) is 8.64. The van der Waals surface area contributed by atoms with Crippen molar-refractivity contribution in [1.82, 2.24) is 10.2 Å². The van der Waals surface area contributed by atoms with Gasteiger partial charge < -0.3 is 10.2 Å². The summed E-state index contributed by atoms with van der Waals surface area (Å²) in [4.78, 5) is 13.8. The van der Waals surface area contributed by atoms with Crippen LogP contribution >= 0.6 is 0 Å². The second-order valence-electron chi connectivity index (χ2n) is 5.72. The Morgan fingerprint density at radius 3 is 2.48 bits per heavy atom. The highest BCUT2D eigenvalue weighted by molar-refractivity contribution is 7.92. The molecule has 2 aromatic rings. The molecule has 0 spiro atoms. The van der Waals surface area contributed by atoms with Gasteiger partial charge in [-0.1, -0.05) is 30.3 Å². The van der Waals surface area contributed by atoms with E-state index in [1.807, 2.05) is 6.07 Å². The molecule has 7 heteroatoms. The van der Waals surface area contributed by atoms with Gasteiger partial charge in [0, 0.05) is 32.2 Å². The Balaban J connectivity index is 2.07. The summed E-state index contributed by atoms with van der Waals surface area (Å²) in [5.41, 5.74) is 1.32. The molecule has 0 saturated carbocycles. The minimum absolute atomic E-state index is 0.0321. The summed E-state index contributed by atoms with van der Waals surface area (Å²) < 4.78 is 27.3. The minimum atomic E-state index is -3.63. The average molecular weight is 361 g/mol. The van der Waals surface area contributed by atoms with E-state index in [-0.39, 0.29) is 10.8 Å². The van der Waals surface area contributed by atoms with Crippen molar-refractivity contribution >= 4 is 21.6 Å². The van der Waals surface area contributed by atoms with Crippen molar-refractivity contribution in [3.8, 4) is 0 Å². The van der Waals surface area contributed by atoms with E-state index in [0.717, 1.165) is 5.56 Å². The second-order valence-corrected chi connectivity index (χ2v) is 7.40. The van der Waals surface area contributed by atoms with E-state index < -0.39 is 10.0 Å². The molecular weight excluding hydrogens is 338 g/mol. The number of nitrogens with zero attached hydrogens (tertiary/aromatic N) is 1. The predicted molar refractivity (Wildman–Crippen MR) is 98.7 cm³/mol. The topological polar surface area (TPSA) is 78.5 Å². The summed E-state index contributed by atoms with van der Waals surface area (Å²) in [6, 6.07) is 15.3. The van der Waals surface area contributed by atoms with Crippen LogP contribution < -0.4 is 10.0 Å². The third kappa shape index (κ3) is 5.58. The molecule has 0 radical (unpaired) electrons. The number of hydrogen-bond donors (Lipinski definition) is 2. The van der Waals surface area contributed by atoms with Crippen LogP contribution in [0, 0.1) is 0 Å². The highest BCUT2D eigenvalue weighted by Crippen LogP contribution is 2.18. The number of hydrogen-bond acceptors (Lipinski definition) is 4. The van der Waals surface area contributed by atoms with Crippen LogP contribution in [-0.4, -0.2) is 39.9 Å². The van der Waals surface area contributed by atoms with Gasteiger partial charge in [0.1, 0.15) is 0 Å². The van der Waals surface area contributed by atoms with Crippen LogP contribution in [0.25, 0.3) is 0 Å². The SMILES string of the molecule is CNCCC(=O)N(C)Cc1cccc(NS(=O)(=O)c2ccccc2)c1. The third-order valence-electron chi connectivity index (χ3n) is 3.67. The fraction of sp³-hybridized carbons (Fsp3) is 0.278. The Kier molecular flexibility index (Phi) is 6.55. The van der Waals surface area contributed by atoms with Crippen molar-refractivity contribution in [3.05, 3.63) is 60.2 Å². The molecule has 0 saturated heterocycles. The Hall–Kier alpha value is -2.38. The maximum Gasteiger partial charge on any atom is 0.261 e. The molecule has 134 valence electrons. The summed E-state index contributed by atoms with van der Waals surface area (Å²) in [5, 5.41) is 2.94. The van der Waals surface area contributed by atoms with Crippen LogP contribution in [0.3, 0.4) is 0 Å².